The standard InChI is InChI=1S/C11H13N3O/c1-3-8(2)14-11(15)10-4-9(5-12)6-13-7-10/h4,6-8H,3H2,1-2H3,(H,14,15). The number of nitriles is 1. The summed E-state index contributed by atoms with van der Waals surface area (Å²) in [5.74, 6) is -0.186. The van der Waals surface area contributed by atoms with Gasteiger partial charge in [0.15, 0.2) is 0 Å². The highest BCUT2D eigenvalue weighted by Gasteiger charge is 2.08. The number of hydrogen-bond donors (Lipinski definition) is 1. The molecular weight excluding hydrogens is 190 g/mol. The Bertz CT molecular complexity index is 395. The van der Waals surface area contributed by atoms with E-state index < -0.39 is 0 Å². The second kappa shape index (κ2) is 5.11. The molecule has 0 radical (unpaired) electrons. The molecule has 4 heteroatoms. The zero-order chi connectivity index (χ0) is 11.3. The van der Waals surface area contributed by atoms with Crippen molar-refractivity contribution in [3.05, 3.63) is 29.6 Å². The summed E-state index contributed by atoms with van der Waals surface area (Å²) in [6.07, 6.45) is 3.76. The predicted octanol–water partition coefficient (Wildman–Crippen LogP) is 1.48. The maximum absolute atomic E-state index is 11.6. The number of hydrogen-bond acceptors (Lipinski definition) is 3. The van der Waals surface area contributed by atoms with Crippen LogP contribution < -0.4 is 5.32 Å². The molecule has 1 amide bonds. The molecule has 78 valence electrons. The SMILES string of the molecule is CCC(C)NC(=O)c1cncc(C#N)c1. The van der Waals surface area contributed by atoms with E-state index in [1.165, 1.54) is 18.5 Å². The number of nitrogens with one attached hydrogen (secondary N) is 1. The van der Waals surface area contributed by atoms with Crippen molar-refractivity contribution in [2.45, 2.75) is 26.3 Å². The zero-order valence-electron chi connectivity index (χ0n) is 8.82. The zero-order valence-corrected chi connectivity index (χ0v) is 8.82. The summed E-state index contributed by atoms with van der Waals surface area (Å²) >= 11 is 0. The van der Waals surface area contributed by atoms with Crippen LogP contribution in [0, 0.1) is 11.3 Å². The fraction of sp³-hybridized carbons (Fsp3) is 0.364. The average molecular weight is 203 g/mol. The molecule has 1 aromatic heterocycles. The third kappa shape index (κ3) is 3.06. The first kappa shape index (κ1) is 11.2. The summed E-state index contributed by atoms with van der Waals surface area (Å²) < 4.78 is 0. The van der Waals surface area contributed by atoms with Gasteiger partial charge in [-0.2, -0.15) is 5.26 Å². The smallest absolute Gasteiger partial charge is 0.253 e. The summed E-state index contributed by atoms with van der Waals surface area (Å²) in [5.41, 5.74) is 0.821. The van der Waals surface area contributed by atoms with Crippen molar-refractivity contribution in [1.82, 2.24) is 10.3 Å². The monoisotopic (exact) mass is 203 g/mol. The Labute approximate surface area is 88.9 Å². The minimum absolute atomic E-state index is 0.128. The highest BCUT2D eigenvalue weighted by atomic mass is 16.1. The molecule has 0 aromatic carbocycles. The maximum atomic E-state index is 11.6. The van der Waals surface area contributed by atoms with Crippen molar-refractivity contribution in [3.8, 4) is 6.07 Å². The molecule has 1 heterocycles. The van der Waals surface area contributed by atoms with Crippen LogP contribution in [-0.4, -0.2) is 16.9 Å². The fourth-order valence-corrected chi connectivity index (χ4v) is 1.03. The number of pyridine rings is 1. The van der Waals surface area contributed by atoms with Crippen molar-refractivity contribution in [2.24, 2.45) is 0 Å². The Morgan fingerprint density at radius 1 is 1.67 bits per heavy atom. The van der Waals surface area contributed by atoms with Gasteiger partial charge >= 0.3 is 0 Å². The lowest BCUT2D eigenvalue weighted by Gasteiger charge is -2.10. The van der Waals surface area contributed by atoms with Gasteiger partial charge in [-0.1, -0.05) is 6.92 Å². The van der Waals surface area contributed by atoms with Gasteiger partial charge in [-0.15, -0.1) is 0 Å². The Balaban J connectivity index is 2.78. The molecule has 1 N–H and O–H groups in total. The molecule has 0 saturated heterocycles. The lowest BCUT2D eigenvalue weighted by molar-refractivity contribution is 0.0939. The lowest BCUT2D eigenvalue weighted by Crippen LogP contribution is -2.32. The van der Waals surface area contributed by atoms with Crippen LogP contribution in [0.2, 0.25) is 0 Å². The van der Waals surface area contributed by atoms with Gasteiger partial charge in [0, 0.05) is 18.4 Å². The van der Waals surface area contributed by atoms with Crippen LogP contribution in [0.4, 0.5) is 0 Å². The van der Waals surface area contributed by atoms with Gasteiger partial charge in [0.1, 0.15) is 6.07 Å². The molecule has 0 aliphatic carbocycles. The number of aromatic nitrogens is 1. The molecule has 4 nitrogen and oxygen atoms in total. The molecule has 0 spiro atoms. The predicted molar refractivity (Wildman–Crippen MR) is 56.2 cm³/mol. The van der Waals surface area contributed by atoms with Gasteiger partial charge < -0.3 is 5.32 Å². The van der Waals surface area contributed by atoms with Gasteiger partial charge in [-0.05, 0) is 19.4 Å². The van der Waals surface area contributed by atoms with Crippen LogP contribution in [0.15, 0.2) is 18.5 Å². The molecule has 0 saturated carbocycles. The average Bonchev–Trinajstić information content (AvgIpc) is 2.28. The van der Waals surface area contributed by atoms with Crippen LogP contribution in [-0.2, 0) is 0 Å². The summed E-state index contributed by atoms with van der Waals surface area (Å²) in [4.78, 5) is 15.4. The van der Waals surface area contributed by atoms with Crippen LogP contribution in [0.5, 0.6) is 0 Å². The number of rotatable bonds is 3. The van der Waals surface area contributed by atoms with Gasteiger partial charge in [0.2, 0.25) is 0 Å². The van der Waals surface area contributed by atoms with Crippen LogP contribution >= 0.6 is 0 Å². The van der Waals surface area contributed by atoms with E-state index in [1.807, 2.05) is 19.9 Å². The number of carbonyl (C=O) groups excluding carboxylic acids is 1. The second-order valence-electron chi connectivity index (χ2n) is 3.36. The first-order chi connectivity index (χ1) is 7.17. The van der Waals surface area contributed by atoms with E-state index >= 15 is 0 Å². The largest absolute Gasteiger partial charge is 0.350 e. The summed E-state index contributed by atoms with van der Waals surface area (Å²) in [6, 6.07) is 3.61. The quantitative estimate of drug-likeness (QED) is 0.809. The third-order valence-corrected chi connectivity index (χ3v) is 2.12. The van der Waals surface area contributed by atoms with Crippen LogP contribution in [0.1, 0.15) is 36.2 Å². The minimum Gasteiger partial charge on any atom is -0.350 e. The molecule has 1 rings (SSSR count). The number of amides is 1. The fourth-order valence-electron chi connectivity index (χ4n) is 1.03. The summed E-state index contributed by atoms with van der Waals surface area (Å²) in [7, 11) is 0. The molecule has 0 bridgehead atoms. The highest BCUT2D eigenvalue weighted by Crippen LogP contribution is 2.02. The van der Waals surface area contributed by atoms with E-state index in [9.17, 15) is 4.79 Å². The van der Waals surface area contributed by atoms with Crippen molar-refractivity contribution >= 4 is 5.91 Å². The minimum atomic E-state index is -0.186. The topological polar surface area (TPSA) is 65.8 Å². The third-order valence-electron chi connectivity index (χ3n) is 2.12. The van der Waals surface area contributed by atoms with Crippen LogP contribution in [0.3, 0.4) is 0 Å². The van der Waals surface area contributed by atoms with Gasteiger partial charge in [0.05, 0.1) is 11.1 Å². The van der Waals surface area contributed by atoms with Gasteiger partial charge in [-0.3, -0.25) is 9.78 Å². The molecule has 0 aliphatic rings. The Morgan fingerprint density at radius 3 is 3.00 bits per heavy atom. The van der Waals surface area contributed by atoms with Crippen LogP contribution in [0.25, 0.3) is 0 Å². The maximum Gasteiger partial charge on any atom is 0.253 e. The molecule has 1 unspecified atom stereocenters. The molecule has 1 atom stereocenters. The van der Waals surface area contributed by atoms with Gasteiger partial charge in [-0.25, -0.2) is 0 Å². The van der Waals surface area contributed by atoms with E-state index in [-0.39, 0.29) is 11.9 Å². The Hall–Kier alpha value is -1.89. The second-order valence-corrected chi connectivity index (χ2v) is 3.36. The first-order valence-corrected chi connectivity index (χ1v) is 4.83. The summed E-state index contributed by atoms with van der Waals surface area (Å²) in [5, 5.41) is 11.5. The number of carbonyl (C=O) groups is 1. The molecule has 0 aliphatic heterocycles. The Kier molecular flexibility index (Phi) is 3.81. The molecular formula is C11H13N3O. The normalized spacial score (nSPS) is 11.5. The van der Waals surface area contributed by atoms with Crippen molar-refractivity contribution in [2.75, 3.05) is 0 Å². The van der Waals surface area contributed by atoms with Crippen molar-refractivity contribution in [3.63, 3.8) is 0 Å². The Morgan fingerprint density at radius 2 is 2.40 bits per heavy atom. The van der Waals surface area contributed by atoms with E-state index in [2.05, 4.69) is 10.3 Å². The number of nitrogens with zero attached hydrogens (tertiary/aromatic N) is 2. The van der Waals surface area contributed by atoms with E-state index in [0.29, 0.717) is 11.1 Å². The first-order valence-electron chi connectivity index (χ1n) is 4.83. The van der Waals surface area contributed by atoms with Crippen molar-refractivity contribution in [1.29, 1.82) is 5.26 Å². The lowest BCUT2D eigenvalue weighted by atomic mass is 10.2. The molecule has 0 fully saturated rings. The molecule has 1 aromatic rings. The van der Waals surface area contributed by atoms with Crippen molar-refractivity contribution < 1.29 is 4.79 Å². The van der Waals surface area contributed by atoms with Gasteiger partial charge in [0.25, 0.3) is 5.91 Å². The summed E-state index contributed by atoms with van der Waals surface area (Å²) in [6.45, 7) is 3.92. The molecule has 15 heavy (non-hydrogen) atoms. The highest BCUT2D eigenvalue weighted by molar-refractivity contribution is 5.94. The van der Waals surface area contributed by atoms with E-state index in [0.717, 1.165) is 6.42 Å². The van der Waals surface area contributed by atoms with E-state index in [4.69, 9.17) is 5.26 Å². The van der Waals surface area contributed by atoms with E-state index in [1.54, 1.807) is 0 Å².